The number of benzene rings is 2. The summed E-state index contributed by atoms with van der Waals surface area (Å²) in [4.78, 5) is 2.33. The number of hydrogen-bond acceptors (Lipinski definition) is 6. The fourth-order valence-corrected chi connectivity index (χ4v) is 3.97. The Kier molecular flexibility index (Phi) is 5.95. The van der Waals surface area contributed by atoms with Gasteiger partial charge in [0.2, 0.25) is 0 Å². The molecule has 2 heterocycles. The summed E-state index contributed by atoms with van der Waals surface area (Å²) in [6.45, 7) is 3.70. The van der Waals surface area contributed by atoms with Crippen molar-refractivity contribution in [1.82, 2.24) is 20.7 Å². The molecule has 0 saturated carbocycles. The lowest BCUT2D eigenvalue weighted by Crippen LogP contribution is -2.41. The van der Waals surface area contributed by atoms with Gasteiger partial charge in [-0.2, -0.15) is 13.2 Å². The molecule has 1 saturated heterocycles. The minimum atomic E-state index is -4.38. The SMILES string of the molecule is CNC1CCN(c2ccc3nnnc(N[C@H](C)c4cccc(C(F)(F)F)c4)c3c2)CC1. The first kappa shape index (κ1) is 21.3. The van der Waals surface area contributed by atoms with E-state index in [1.807, 2.05) is 25.2 Å². The fourth-order valence-electron chi connectivity index (χ4n) is 3.97. The predicted molar refractivity (Wildman–Crippen MR) is 115 cm³/mol. The van der Waals surface area contributed by atoms with Crippen molar-refractivity contribution >= 4 is 22.4 Å². The Hall–Kier alpha value is -2.94. The lowest BCUT2D eigenvalue weighted by Gasteiger charge is -2.33. The van der Waals surface area contributed by atoms with Crippen LogP contribution < -0.4 is 15.5 Å². The van der Waals surface area contributed by atoms with Crippen LogP contribution in [0.25, 0.3) is 10.9 Å². The highest BCUT2D eigenvalue weighted by Gasteiger charge is 2.30. The van der Waals surface area contributed by atoms with Gasteiger partial charge in [-0.05, 0) is 67.9 Å². The highest BCUT2D eigenvalue weighted by atomic mass is 19.4. The third-order valence-electron chi connectivity index (χ3n) is 5.87. The number of alkyl halides is 3. The molecule has 0 radical (unpaired) electrons. The van der Waals surface area contributed by atoms with Crippen LogP contribution in [0, 0.1) is 0 Å². The van der Waals surface area contributed by atoms with Gasteiger partial charge in [0, 0.05) is 30.2 Å². The zero-order valence-electron chi connectivity index (χ0n) is 17.4. The molecule has 1 fully saturated rings. The molecule has 164 valence electrons. The smallest absolute Gasteiger partial charge is 0.371 e. The van der Waals surface area contributed by atoms with Gasteiger partial charge in [0.25, 0.3) is 0 Å². The Morgan fingerprint density at radius 1 is 1.06 bits per heavy atom. The molecule has 0 spiro atoms. The normalized spacial score (nSPS) is 16.5. The van der Waals surface area contributed by atoms with E-state index < -0.39 is 17.8 Å². The molecule has 0 unspecified atom stereocenters. The van der Waals surface area contributed by atoms with E-state index in [0.29, 0.717) is 22.9 Å². The summed E-state index contributed by atoms with van der Waals surface area (Å²) in [6.07, 6.45) is -2.24. The Morgan fingerprint density at radius 3 is 2.55 bits per heavy atom. The summed E-state index contributed by atoms with van der Waals surface area (Å²) >= 11 is 0. The van der Waals surface area contributed by atoms with Crippen molar-refractivity contribution < 1.29 is 13.2 Å². The summed E-state index contributed by atoms with van der Waals surface area (Å²) in [5.41, 5.74) is 1.61. The second-order valence-corrected chi connectivity index (χ2v) is 7.88. The molecule has 0 aliphatic carbocycles. The van der Waals surface area contributed by atoms with Crippen LogP contribution in [0.4, 0.5) is 24.7 Å². The number of aromatic nitrogens is 3. The third-order valence-corrected chi connectivity index (χ3v) is 5.87. The minimum Gasteiger partial charge on any atom is -0.371 e. The molecule has 3 aromatic rings. The maximum atomic E-state index is 13.1. The van der Waals surface area contributed by atoms with Crippen LogP contribution in [0.3, 0.4) is 0 Å². The Morgan fingerprint density at radius 2 is 1.84 bits per heavy atom. The van der Waals surface area contributed by atoms with E-state index in [9.17, 15) is 13.2 Å². The van der Waals surface area contributed by atoms with E-state index in [1.165, 1.54) is 6.07 Å². The standard InChI is InChI=1S/C22H25F3N6/c1-14(15-4-3-5-16(12-15)22(23,24)25)27-21-19-13-18(6-7-20(19)28-30-29-21)31-10-8-17(26-2)9-11-31/h3-7,12-14,17,26H,8-11H2,1-2H3,(H,27,28,29)/t14-/m1/s1. The topological polar surface area (TPSA) is 66.0 Å². The molecule has 1 aromatic heterocycles. The summed E-state index contributed by atoms with van der Waals surface area (Å²) in [5.74, 6) is 0.502. The number of hydrogen-bond donors (Lipinski definition) is 2. The maximum absolute atomic E-state index is 13.1. The van der Waals surface area contributed by atoms with Crippen molar-refractivity contribution in [1.29, 1.82) is 0 Å². The van der Waals surface area contributed by atoms with E-state index in [4.69, 9.17) is 0 Å². The zero-order valence-corrected chi connectivity index (χ0v) is 17.4. The molecule has 6 nitrogen and oxygen atoms in total. The Labute approximate surface area is 178 Å². The molecule has 1 aliphatic rings. The van der Waals surface area contributed by atoms with Gasteiger partial charge >= 0.3 is 6.18 Å². The fraction of sp³-hybridized carbons (Fsp3) is 0.409. The van der Waals surface area contributed by atoms with Crippen LogP contribution in [0.1, 0.15) is 36.9 Å². The molecule has 9 heteroatoms. The van der Waals surface area contributed by atoms with Gasteiger partial charge in [-0.3, -0.25) is 0 Å². The number of piperidine rings is 1. The third kappa shape index (κ3) is 4.71. The highest BCUT2D eigenvalue weighted by Crippen LogP contribution is 2.32. The quantitative estimate of drug-likeness (QED) is 0.625. The van der Waals surface area contributed by atoms with Crippen molar-refractivity contribution in [2.24, 2.45) is 0 Å². The van der Waals surface area contributed by atoms with Gasteiger partial charge in [-0.1, -0.05) is 12.1 Å². The van der Waals surface area contributed by atoms with Crippen molar-refractivity contribution in [3.63, 3.8) is 0 Å². The molecular formula is C22H25F3N6. The minimum absolute atomic E-state index is 0.391. The number of fused-ring (bicyclic) bond motifs is 1. The summed E-state index contributed by atoms with van der Waals surface area (Å²) in [5, 5.41) is 19.4. The summed E-state index contributed by atoms with van der Waals surface area (Å²) in [6, 6.07) is 11.4. The van der Waals surface area contributed by atoms with E-state index >= 15 is 0 Å². The second-order valence-electron chi connectivity index (χ2n) is 7.88. The molecule has 0 bridgehead atoms. The van der Waals surface area contributed by atoms with Gasteiger partial charge in [-0.15, -0.1) is 10.2 Å². The van der Waals surface area contributed by atoms with Crippen LogP contribution in [-0.4, -0.2) is 41.6 Å². The molecule has 0 amide bonds. The van der Waals surface area contributed by atoms with Crippen molar-refractivity contribution in [2.75, 3.05) is 30.4 Å². The molecule has 31 heavy (non-hydrogen) atoms. The van der Waals surface area contributed by atoms with Crippen LogP contribution in [0.5, 0.6) is 0 Å². The Balaban J connectivity index is 1.59. The van der Waals surface area contributed by atoms with E-state index in [0.717, 1.165) is 49.1 Å². The van der Waals surface area contributed by atoms with Gasteiger partial charge < -0.3 is 15.5 Å². The average molecular weight is 430 g/mol. The van der Waals surface area contributed by atoms with Crippen LogP contribution in [-0.2, 0) is 6.18 Å². The number of nitrogens with zero attached hydrogens (tertiary/aromatic N) is 4. The molecule has 1 atom stereocenters. The van der Waals surface area contributed by atoms with Gasteiger partial charge in [-0.25, -0.2) is 0 Å². The van der Waals surface area contributed by atoms with Gasteiger partial charge in [0.15, 0.2) is 5.82 Å². The number of anilines is 2. The molecule has 2 N–H and O–H groups in total. The molecule has 1 aliphatic heterocycles. The van der Waals surface area contributed by atoms with Crippen molar-refractivity contribution in [2.45, 2.75) is 38.0 Å². The molecule has 2 aromatic carbocycles. The van der Waals surface area contributed by atoms with Crippen molar-refractivity contribution in [3.8, 4) is 0 Å². The van der Waals surface area contributed by atoms with Crippen LogP contribution >= 0.6 is 0 Å². The molecule has 4 rings (SSSR count). The number of nitrogens with one attached hydrogen (secondary N) is 2. The number of halogens is 3. The van der Waals surface area contributed by atoms with Gasteiger partial charge in [0.1, 0.15) is 0 Å². The summed E-state index contributed by atoms with van der Waals surface area (Å²) in [7, 11) is 1.99. The van der Waals surface area contributed by atoms with E-state index in [1.54, 1.807) is 13.0 Å². The lowest BCUT2D eigenvalue weighted by molar-refractivity contribution is -0.137. The molecular weight excluding hydrogens is 405 g/mol. The Bertz CT molecular complexity index is 1050. The maximum Gasteiger partial charge on any atom is 0.416 e. The monoisotopic (exact) mass is 430 g/mol. The van der Waals surface area contributed by atoms with E-state index in [2.05, 4.69) is 30.9 Å². The summed E-state index contributed by atoms with van der Waals surface area (Å²) < 4.78 is 39.2. The first-order valence-corrected chi connectivity index (χ1v) is 10.3. The van der Waals surface area contributed by atoms with E-state index in [-0.39, 0.29) is 0 Å². The average Bonchev–Trinajstić information content (AvgIpc) is 2.78. The predicted octanol–water partition coefficient (Wildman–Crippen LogP) is 4.40. The lowest BCUT2D eigenvalue weighted by atomic mass is 10.0. The number of rotatable bonds is 5. The highest BCUT2D eigenvalue weighted by molar-refractivity contribution is 5.91. The largest absolute Gasteiger partial charge is 0.416 e. The van der Waals surface area contributed by atoms with Crippen LogP contribution in [0.15, 0.2) is 42.5 Å². The first-order valence-electron chi connectivity index (χ1n) is 10.3. The van der Waals surface area contributed by atoms with Crippen LogP contribution in [0.2, 0.25) is 0 Å². The van der Waals surface area contributed by atoms with Crippen molar-refractivity contribution in [3.05, 3.63) is 53.6 Å². The zero-order chi connectivity index (χ0) is 22.0. The second kappa shape index (κ2) is 8.66. The first-order chi connectivity index (χ1) is 14.8. The van der Waals surface area contributed by atoms with Gasteiger partial charge in [0.05, 0.1) is 17.1 Å².